The molecule has 0 saturated heterocycles. The van der Waals surface area contributed by atoms with Crippen LogP contribution in [-0.2, 0) is 0 Å². The Morgan fingerprint density at radius 2 is 2.00 bits per heavy atom. The Hall–Kier alpha value is -1.57. The molecule has 2 nitrogen and oxygen atoms in total. The van der Waals surface area contributed by atoms with Crippen LogP contribution in [0.2, 0.25) is 0 Å². The highest BCUT2D eigenvalue weighted by Crippen LogP contribution is 2.09. The Morgan fingerprint density at radius 1 is 1.36 bits per heavy atom. The second-order valence-electron chi connectivity index (χ2n) is 2.66. The summed E-state index contributed by atoms with van der Waals surface area (Å²) >= 11 is 0. The first kappa shape index (κ1) is 12.4. The summed E-state index contributed by atoms with van der Waals surface area (Å²) in [6.45, 7) is 6.02. The normalized spacial score (nSPS) is 10.1. The minimum Gasteiger partial charge on any atom is -0.398 e. The predicted molar refractivity (Wildman–Crippen MR) is 63.5 cm³/mol. The van der Waals surface area contributed by atoms with Crippen LogP contribution in [0.3, 0.4) is 0 Å². The van der Waals surface area contributed by atoms with E-state index < -0.39 is 0 Å². The molecule has 0 radical (unpaired) electrons. The fraction of sp³-hybridized carbons (Fsp3) is 0.250. The summed E-state index contributed by atoms with van der Waals surface area (Å²) in [5.74, 6) is 0. The minimum absolute atomic E-state index is 0.633. The van der Waals surface area contributed by atoms with Gasteiger partial charge in [-0.2, -0.15) is 0 Å². The van der Waals surface area contributed by atoms with Crippen LogP contribution in [0.25, 0.3) is 5.70 Å². The van der Waals surface area contributed by atoms with E-state index in [-0.39, 0.29) is 0 Å². The smallest absolute Gasteiger partial charge is 0.0402 e. The number of benzene rings is 1. The van der Waals surface area contributed by atoms with E-state index in [2.05, 4.69) is 0 Å². The van der Waals surface area contributed by atoms with Crippen LogP contribution in [0.15, 0.2) is 30.3 Å². The summed E-state index contributed by atoms with van der Waals surface area (Å²) in [7, 11) is 0. The number of nitrogens with one attached hydrogen (secondary N) is 1. The molecule has 0 atom stereocenters. The second-order valence-corrected chi connectivity index (χ2v) is 2.66. The number of hydrogen-bond acceptors (Lipinski definition) is 2. The number of nitrogens with two attached hydrogens (primary N) is 1. The molecule has 0 aliphatic heterocycles. The summed E-state index contributed by atoms with van der Waals surface area (Å²) in [6, 6.07) is 7.90. The Kier molecular flexibility index (Phi) is 6.12. The van der Waals surface area contributed by atoms with E-state index in [0.29, 0.717) is 5.70 Å². The lowest BCUT2D eigenvalue weighted by Gasteiger charge is -2.00. The van der Waals surface area contributed by atoms with E-state index in [1.54, 1.807) is 6.08 Å². The lowest BCUT2D eigenvalue weighted by atomic mass is 10.1. The third-order valence-electron chi connectivity index (χ3n) is 1.61. The molecule has 0 amide bonds. The first-order chi connectivity index (χ1) is 6.74. The molecular formula is C12H18N2. The summed E-state index contributed by atoms with van der Waals surface area (Å²) in [5, 5.41) is 6.85. The maximum absolute atomic E-state index is 6.85. The molecule has 0 spiro atoms. The van der Waals surface area contributed by atoms with Crippen LogP contribution in [0.1, 0.15) is 25.0 Å². The first-order valence-corrected chi connectivity index (χ1v) is 4.77. The van der Waals surface area contributed by atoms with Crippen LogP contribution >= 0.6 is 0 Å². The summed E-state index contributed by atoms with van der Waals surface area (Å²) in [4.78, 5) is 0. The standard InChI is InChI=1S/C10H12N2.C2H6/c1-8-3-2-4-9(7-8)10(12)5-6-11;1-2/h2-7,11H,12H2,1H3;1-2H3/b10-5-,11-6?;. The van der Waals surface area contributed by atoms with Gasteiger partial charge >= 0.3 is 0 Å². The number of rotatable bonds is 2. The zero-order chi connectivity index (χ0) is 11.0. The quantitative estimate of drug-likeness (QED) is 0.692. The Labute approximate surface area is 86.0 Å². The van der Waals surface area contributed by atoms with Crippen LogP contribution in [0, 0.1) is 12.3 Å². The van der Waals surface area contributed by atoms with E-state index in [1.807, 2.05) is 45.0 Å². The average Bonchev–Trinajstić information content (AvgIpc) is 2.21. The Morgan fingerprint density at radius 3 is 2.50 bits per heavy atom. The molecule has 1 aromatic rings. The highest BCUT2D eigenvalue weighted by atomic mass is 14.6. The van der Waals surface area contributed by atoms with Gasteiger partial charge in [-0.15, -0.1) is 0 Å². The van der Waals surface area contributed by atoms with E-state index >= 15 is 0 Å². The van der Waals surface area contributed by atoms with Crippen molar-refractivity contribution in [1.82, 2.24) is 0 Å². The zero-order valence-electron chi connectivity index (χ0n) is 9.04. The molecule has 0 heterocycles. The molecule has 0 aliphatic carbocycles. The van der Waals surface area contributed by atoms with Crippen LogP contribution < -0.4 is 5.73 Å². The Bertz CT molecular complexity index is 314. The molecule has 14 heavy (non-hydrogen) atoms. The molecule has 3 N–H and O–H groups in total. The molecule has 76 valence electrons. The Balaban J connectivity index is 0.000000791. The van der Waals surface area contributed by atoms with Gasteiger partial charge in [-0.25, -0.2) is 0 Å². The monoisotopic (exact) mass is 190 g/mol. The van der Waals surface area contributed by atoms with E-state index in [0.717, 1.165) is 5.56 Å². The van der Waals surface area contributed by atoms with Gasteiger partial charge in [0.25, 0.3) is 0 Å². The van der Waals surface area contributed by atoms with Gasteiger partial charge in [0.15, 0.2) is 0 Å². The summed E-state index contributed by atoms with van der Waals surface area (Å²) in [6.07, 6.45) is 2.77. The second kappa shape index (κ2) is 6.89. The van der Waals surface area contributed by atoms with Gasteiger partial charge in [0, 0.05) is 11.9 Å². The molecule has 1 aromatic carbocycles. The molecule has 1 rings (SSSR count). The SMILES string of the molecule is CC.Cc1cccc(/C(N)=C/C=N)c1. The highest BCUT2D eigenvalue weighted by molar-refractivity contribution is 5.81. The minimum atomic E-state index is 0.633. The van der Waals surface area contributed by atoms with Crippen molar-refractivity contribution >= 4 is 11.9 Å². The zero-order valence-corrected chi connectivity index (χ0v) is 9.04. The van der Waals surface area contributed by atoms with Gasteiger partial charge in [-0.1, -0.05) is 37.6 Å². The van der Waals surface area contributed by atoms with Gasteiger partial charge in [0.1, 0.15) is 0 Å². The third kappa shape index (κ3) is 3.90. The summed E-state index contributed by atoms with van der Waals surface area (Å²) in [5.41, 5.74) is 8.46. The fourth-order valence-corrected chi connectivity index (χ4v) is 1.01. The first-order valence-electron chi connectivity index (χ1n) is 4.77. The lowest BCUT2D eigenvalue weighted by molar-refractivity contribution is 1.42. The molecule has 0 saturated carbocycles. The average molecular weight is 190 g/mol. The molecular weight excluding hydrogens is 172 g/mol. The lowest BCUT2D eigenvalue weighted by Crippen LogP contribution is -1.96. The van der Waals surface area contributed by atoms with Crippen molar-refractivity contribution in [3.63, 3.8) is 0 Å². The van der Waals surface area contributed by atoms with E-state index in [1.165, 1.54) is 11.8 Å². The molecule has 0 aromatic heterocycles. The highest BCUT2D eigenvalue weighted by Gasteiger charge is 1.93. The molecule has 0 aliphatic rings. The van der Waals surface area contributed by atoms with Crippen molar-refractivity contribution in [2.45, 2.75) is 20.8 Å². The van der Waals surface area contributed by atoms with E-state index in [4.69, 9.17) is 11.1 Å². The maximum atomic E-state index is 6.85. The van der Waals surface area contributed by atoms with Gasteiger partial charge in [0.2, 0.25) is 0 Å². The van der Waals surface area contributed by atoms with E-state index in [9.17, 15) is 0 Å². The number of hydrogen-bond donors (Lipinski definition) is 2. The predicted octanol–water partition coefficient (Wildman–Crippen LogP) is 2.97. The maximum Gasteiger partial charge on any atom is 0.0402 e. The van der Waals surface area contributed by atoms with Crippen molar-refractivity contribution in [2.75, 3.05) is 0 Å². The number of aryl methyl sites for hydroxylation is 1. The summed E-state index contributed by atoms with van der Waals surface area (Å²) < 4.78 is 0. The third-order valence-corrected chi connectivity index (χ3v) is 1.61. The van der Waals surface area contributed by atoms with Crippen LogP contribution in [0.5, 0.6) is 0 Å². The molecule has 0 bridgehead atoms. The number of allylic oxidation sites excluding steroid dienone is 1. The van der Waals surface area contributed by atoms with Gasteiger partial charge in [-0.3, -0.25) is 0 Å². The largest absolute Gasteiger partial charge is 0.398 e. The van der Waals surface area contributed by atoms with Crippen molar-refractivity contribution in [1.29, 1.82) is 5.41 Å². The van der Waals surface area contributed by atoms with Crippen molar-refractivity contribution in [2.24, 2.45) is 5.73 Å². The fourth-order valence-electron chi connectivity index (χ4n) is 1.01. The van der Waals surface area contributed by atoms with Crippen molar-refractivity contribution in [3.8, 4) is 0 Å². The van der Waals surface area contributed by atoms with Crippen molar-refractivity contribution < 1.29 is 0 Å². The van der Waals surface area contributed by atoms with Gasteiger partial charge in [-0.05, 0) is 24.6 Å². The van der Waals surface area contributed by atoms with Crippen LogP contribution in [-0.4, -0.2) is 6.21 Å². The van der Waals surface area contributed by atoms with Crippen molar-refractivity contribution in [3.05, 3.63) is 41.5 Å². The molecule has 0 unspecified atom stereocenters. The van der Waals surface area contributed by atoms with Crippen LogP contribution in [0.4, 0.5) is 0 Å². The van der Waals surface area contributed by atoms with Gasteiger partial charge in [0.05, 0.1) is 0 Å². The molecule has 0 fully saturated rings. The molecule has 2 heteroatoms. The van der Waals surface area contributed by atoms with Gasteiger partial charge < -0.3 is 11.1 Å². The topological polar surface area (TPSA) is 49.9 Å².